The van der Waals surface area contributed by atoms with Crippen molar-refractivity contribution in [2.24, 2.45) is 11.0 Å². The van der Waals surface area contributed by atoms with Gasteiger partial charge in [-0.05, 0) is 44.4 Å². The van der Waals surface area contributed by atoms with Crippen LogP contribution < -0.4 is 10.7 Å². The lowest BCUT2D eigenvalue weighted by molar-refractivity contribution is -0.122. The molecule has 0 unspecified atom stereocenters. The summed E-state index contributed by atoms with van der Waals surface area (Å²) in [5, 5.41) is 16.7. The first kappa shape index (κ1) is 16.0. The van der Waals surface area contributed by atoms with Crippen LogP contribution in [-0.2, 0) is 9.59 Å². The van der Waals surface area contributed by atoms with E-state index in [1.54, 1.807) is 19.1 Å². The molecule has 6 heteroatoms. The quantitative estimate of drug-likeness (QED) is 0.428. The van der Waals surface area contributed by atoms with Gasteiger partial charge in [0.15, 0.2) is 0 Å². The predicted molar refractivity (Wildman–Crippen MR) is 84.7 cm³/mol. The highest BCUT2D eigenvalue weighted by Gasteiger charge is 2.29. The second kappa shape index (κ2) is 7.06. The Bertz CT molecular complexity index is 607. The summed E-state index contributed by atoms with van der Waals surface area (Å²) in [6.07, 6.45) is 3.03. The van der Waals surface area contributed by atoms with E-state index in [4.69, 9.17) is 0 Å². The maximum Gasteiger partial charge on any atom is 0.243 e. The van der Waals surface area contributed by atoms with Crippen molar-refractivity contribution in [1.29, 1.82) is 0 Å². The Morgan fingerprint density at radius 2 is 2.09 bits per heavy atom. The van der Waals surface area contributed by atoms with Gasteiger partial charge in [-0.3, -0.25) is 9.59 Å². The minimum atomic E-state index is -0.0914. The molecule has 0 saturated heterocycles. The van der Waals surface area contributed by atoms with Crippen molar-refractivity contribution in [3.63, 3.8) is 0 Å². The Balaban J connectivity index is 2.09. The highest BCUT2D eigenvalue weighted by Crippen LogP contribution is 2.28. The van der Waals surface area contributed by atoms with Crippen LogP contribution in [0.25, 0.3) is 0 Å². The van der Waals surface area contributed by atoms with Gasteiger partial charge in [0.25, 0.3) is 0 Å². The fraction of sp³-hybridized carbons (Fsp3) is 0.438. The molecule has 22 heavy (non-hydrogen) atoms. The van der Waals surface area contributed by atoms with E-state index in [-0.39, 0.29) is 23.5 Å². The minimum absolute atomic E-state index is 0.0513. The van der Waals surface area contributed by atoms with E-state index in [2.05, 4.69) is 15.8 Å². The predicted octanol–water partition coefficient (Wildman–Crippen LogP) is 2.38. The van der Waals surface area contributed by atoms with Gasteiger partial charge in [-0.1, -0.05) is 6.92 Å². The van der Waals surface area contributed by atoms with Crippen LogP contribution in [0.15, 0.2) is 23.3 Å². The molecule has 0 spiro atoms. The molecule has 1 saturated carbocycles. The lowest BCUT2D eigenvalue weighted by Gasteiger charge is -2.09. The third-order valence-corrected chi connectivity index (χ3v) is 3.43. The summed E-state index contributed by atoms with van der Waals surface area (Å²) in [4.78, 5) is 23.2. The van der Waals surface area contributed by atoms with Gasteiger partial charge in [-0.15, -0.1) is 0 Å². The molecule has 1 aromatic carbocycles. The molecule has 0 heterocycles. The van der Waals surface area contributed by atoms with Crippen molar-refractivity contribution in [2.45, 2.75) is 39.5 Å². The van der Waals surface area contributed by atoms with Gasteiger partial charge in [0, 0.05) is 23.6 Å². The summed E-state index contributed by atoms with van der Waals surface area (Å²) in [6.45, 7) is 3.63. The number of hydrogen-bond donors (Lipinski definition) is 3. The van der Waals surface area contributed by atoms with Crippen LogP contribution in [0.1, 0.15) is 45.1 Å². The average molecular weight is 303 g/mol. The third kappa shape index (κ3) is 4.31. The van der Waals surface area contributed by atoms with E-state index in [9.17, 15) is 14.7 Å². The zero-order valence-electron chi connectivity index (χ0n) is 12.8. The molecule has 0 aromatic heterocycles. The van der Waals surface area contributed by atoms with E-state index in [1.807, 2.05) is 6.92 Å². The summed E-state index contributed by atoms with van der Waals surface area (Å²) < 4.78 is 0. The lowest BCUT2D eigenvalue weighted by atomic mass is 10.1. The Hall–Kier alpha value is -2.37. The molecule has 0 bridgehead atoms. The van der Waals surface area contributed by atoms with Gasteiger partial charge in [0.1, 0.15) is 5.75 Å². The molecule has 2 amide bonds. The highest BCUT2D eigenvalue weighted by molar-refractivity contribution is 6.03. The number of phenols is 1. The molecule has 6 nitrogen and oxygen atoms in total. The number of carbonyl (C=O) groups excluding carboxylic acids is 2. The fourth-order valence-corrected chi connectivity index (χ4v) is 1.99. The van der Waals surface area contributed by atoms with Crippen molar-refractivity contribution in [2.75, 3.05) is 5.32 Å². The largest absolute Gasteiger partial charge is 0.507 e. The van der Waals surface area contributed by atoms with E-state index in [0.717, 1.165) is 19.3 Å². The van der Waals surface area contributed by atoms with Crippen molar-refractivity contribution >= 4 is 23.2 Å². The summed E-state index contributed by atoms with van der Waals surface area (Å²) in [5.41, 5.74) is 4.05. The normalized spacial score (nSPS) is 14.5. The summed E-state index contributed by atoms with van der Waals surface area (Å²) >= 11 is 0. The van der Waals surface area contributed by atoms with Crippen LogP contribution >= 0.6 is 0 Å². The Labute approximate surface area is 129 Å². The molecular formula is C16H21N3O3. The van der Waals surface area contributed by atoms with Gasteiger partial charge in [-0.25, -0.2) is 5.43 Å². The number of hydrogen-bond acceptors (Lipinski definition) is 4. The Morgan fingerprint density at radius 3 is 2.73 bits per heavy atom. The summed E-state index contributed by atoms with van der Waals surface area (Å²) in [5.74, 6) is -0.0396. The molecular weight excluding hydrogens is 282 g/mol. The van der Waals surface area contributed by atoms with Gasteiger partial charge in [0.2, 0.25) is 11.8 Å². The summed E-state index contributed by atoms with van der Waals surface area (Å²) in [7, 11) is 0. The van der Waals surface area contributed by atoms with Crippen molar-refractivity contribution in [3.8, 4) is 5.75 Å². The van der Waals surface area contributed by atoms with Crippen molar-refractivity contribution in [3.05, 3.63) is 23.8 Å². The van der Waals surface area contributed by atoms with Gasteiger partial charge >= 0.3 is 0 Å². The zero-order chi connectivity index (χ0) is 16.1. The smallest absolute Gasteiger partial charge is 0.243 e. The lowest BCUT2D eigenvalue weighted by Crippen LogP contribution is -2.20. The van der Waals surface area contributed by atoms with Crippen LogP contribution in [0.3, 0.4) is 0 Å². The van der Waals surface area contributed by atoms with Crippen LogP contribution in [-0.4, -0.2) is 22.6 Å². The van der Waals surface area contributed by atoms with E-state index in [0.29, 0.717) is 23.4 Å². The van der Waals surface area contributed by atoms with Crippen molar-refractivity contribution < 1.29 is 14.7 Å². The fourth-order valence-electron chi connectivity index (χ4n) is 1.99. The number of anilines is 1. The molecule has 3 N–H and O–H groups in total. The number of aromatic hydroxyl groups is 1. The number of benzene rings is 1. The average Bonchev–Trinajstić information content (AvgIpc) is 3.31. The van der Waals surface area contributed by atoms with Gasteiger partial charge < -0.3 is 10.4 Å². The first-order valence-corrected chi connectivity index (χ1v) is 7.48. The number of carbonyl (C=O) groups is 2. The molecule has 0 atom stereocenters. The minimum Gasteiger partial charge on any atom is -0.507 e. The monoisotopic (exact) mass is 303 g/mol. The Kier molecular flexibility index (Phi) is 5.14. The molecule has 0 aliphatic heterocycles. The van der Waals surface area contributed by atoms with E-state index < -0.39 is 0 Å². The highest BCUT2D eigenvalue weighted by atomic mass is 16.3. The number of nitrogens with zero attached hydrogens (tertiary/aromatic N) is 1. The van der Waals surface area contributed by atoms with Crippen LogP contribution in [0.4, 0.5) is 5.69 Å². The third-order valence-electron chi connectivity index (χ3n) is 3.43. The molecule has 2 rings (SSSR count). The number of rotatable bonds is 6. The Morgan fingerprint density at radius 1 is 1.36 bits per heavy atom. The second-order valence-electron chi connectivity index (χ2n) is 5.48. The summed E-state index contributed by atoms with van der Waals surface area (Å²) in [6, 6.07) is 4.77. The number of phenolic OH excluding ortho intramolecular Hbond substituents is 1. The van der Waals surface area contributed by atoms with Crippen LogP contribution in [0.2, 0.25) is 0 Å². The zero-order valence-corrected chi connectivity index (χ0v) is 12.8. The topological polar surface area (TPSA) is 90.8 Å². The number of amides is 2. The molecule has 0 radical (unpaired) electrons. The first-order chi connectivity index (χ1) is 10.5. The molecule has 1 aliphatic rings. The molecule has 1 aliphatic carbocycles. The van der Waals surface area contributed by atoms with Gasteiger partial charge in [0.05, 0.1) is 5.71 Å². The molecule has 1 fully saturated rings. The van der Waals surface area contributed by atoms with E-state index in [1.165, 1.54) is 6.07 Å². The number of hydrazone groups is 1. The molecule has 118 valence electrons. The van der Waals surface area contributed by atoms with E-state index >= 15 is 0 Å². The molecule has 1 aromatic rings. The maximum absolute atomic E-state index is 11.6. The van der Waals surface area contributed by atoms with Gasteiger partial charge in [-0.2, -0.15) is 5.10 Å². The maximum atomic E-state index is 11.6. The number of nitrogens with one attached hydrogen (secondary N) is 2. The van der Waals surface area contributed by atoms with Crippen LogP contribution in [0.5, 0.6) is 5.75 Å². The van der Waals surface area contributed by atoms with Crippen molar-refractivity contribution in [1.82, 2.24) is 5.43 Å². The first-order valence-electron chi connectivity index (χ1n) is 7.48. The van der Waals surface area contributed by atoms with Crippen LogP contribution in [0, 0.1) is 5.92 Å². The SMILES string of the molecule is CCCC(=O)Nc1ccc(O)c(/C(C)=N/NC(=O)C2CC2)c1. The standard InChI is InChI=1S/C16H21N3O3/c1-3-4-15(21)17-12-7-8-14(20)13(9-12)10(2)18-19-16(22)11-5-6-11/h7-9,11,20H,3-6H2,1-2H3,(H,17,21)(H,19,22)/b18-10+. The second-order valence-corrected chi connectivity index (χ2v) is 5.48.